The summed E-state index contributed by atoms with van der Waals surface area (Å²) in [5, 5.41) is 10.7. The van der Waals surface area contributed by atoms with E-state index in [1.54, 1.807) is 24.4 Å². The van der Waals surface area contributed by atoms with Gasteiger partial charge in [0.2, 0.25) is 5.91 Å². The molecule has 4 aromatic rings. The summed E-state index contributed by atoms with van der Waals surface area (Å²) < 4.78 is 16.4. The Labute approximate surface area is 239 Å². The van der Waals surface area contributed by atoms with E-state index in [0.29, 0.717) is 35.2 Å². The molecule has 0 radical (unpaired) electrons. The quantitative estimate of drug-likeness (QED) is 0.186. The van der Waals surface area contributed by atoms with E-state index in [1.807, 2.05) is 69.3 Å². The van der Waals surface area contributed by atoms with E-state index in [9.17, 15) is 9.59 Å². The van der Waals surface area contributed by atoms with Crippen LogP contribution in [0.1, 0.15) is 37.9 Å². The van der Waals surface area contributed by atoms with Gasteiger partial charge in [0.15, 0.2) is 11.5 Å². The van der Waals surface area contributed by atoms with Crippen LogP contribution in [-0.2, 0) is 16.1 Å². The lowest BCUT2D eigenvalue weighted by molar-refractivity contribution is -0.122. The van der Waals surface area contributed by atoms with Gasteiger partial charge in [-0.3, -0.25) is 10.1 Å². The van der Waals surface area contributed by atoms with E-state index in [-0.39, 0.29) is 18.6 Å². The Balaban J connectivity index is 1.63. The third-order valence-corrected chi connectivity index (χ3v) is 6.16. The first-order chi connectivity index (χ1) is 19.8. The molecule has 0 saturated carbocycles. The first-order valence-corrected chi connectivity index (χ1v) is 13.3. The number of amides is 2. The van der Waals surface area contributed by atoms with Gasteiger partial charge in [0.05, 0.1) is 19.8 Å². The van der Waals surface area contributed by atoms with Crippen LogP contribution in [0, 0.1) is 0 Å². The number of pyridine rings is 1. The van der Waals surface area contributed by atoms with Gasteiger partial charge in [-0.25, -0.2) is 9.78 Å². The normalized spacial score (nSPS) is 11.5. The number of methoxy groups -OCH3 is 1. The maximum Gasteiger partial charge on any atom is 0.411 e. The fourth-order valence-electron chi connectivity index (χ4n) is 4.30. The number of nitrogens with zero attached hydrogens (tertiary/aromatic N) is 1. The molecule has 1 aromatic heterocycles. The summed E-state index contributed by atoms with van der Waals surface area (Å²) in [6.07, 6.45) is 1.04. The van der Waals surface area contributed by atoms with Gasteiger partial charge >= 0.3 is 6.09 Å². The Bertz CT molecular complexity index is 1520. The second kappa shape index (κ2) is 13.4. The fraction of sp³-hybridized carbons (Fsp3) is 0.258. The molecule has 1 heterocycles. The number of nitrogens with two attached hydrogens (primary N) is 1. The van der Waals surface area contributed by atoms with Crippen LogP contribution in [0.25, 0.3) is 10.8 Å². The molecule has 0 aliphatic carbocycles. The summed E-state index contributed by atoms with van der Waals surface area (Å²) in [6, 6.07) is 19.4. The highest BCUT2D eigenvalue weighted by Gasteiger charge is 2.23. The van der Waals surface area contributed by atoms with Crippen molar-refractivity contribution in [1.29, 1.82) is 0 Å². The number of carbonyl (C=O) groups is 2. The van der Waals surface area contributed by atoms with Crippen molar-refractivity contribution >= 4 is 40.0 Å². The zero-order chi connectivity index (χ0) is 29.4. The van der Waals surface area contributed by atoms with Crippen molar-refractivity contribution in [1.82, 2.24) is 10.3 Å². The van der Waals surface area contributed by atoms with E-state index in [4.69, 9.17) is 15.2 Å². The molecule has 0 aliphatic rings. The van der Waals surface area contributed by atoms with Crippen LogP contribution >= 0.6 is 0 Å². The molecule has 0 spiro atoms. The Kier molecular flexibility index (Phi) is 9.47. The summed E-state index contributed by atoms with van der Waals surface area (Å²) in [7, 11) is 1.30. The minimum atomic E-state index is -0.768. The molecular weight excluding hydrogens is 522 g/mol. The maximum atomic E-state index is 13.7. The van der Waals surface area contributed by atoms with Gasteiger partial charge in [0.25, 0.3) is 0 Å². The van der Waals surface area contributed by atoms with Crippen molar-refractivity contribution in [3.8, 4) is 11.5 Å². The summed E-state index contributed by atoms with van der Waals surface area (Å²) >= 11 is 0. The predicted octanol–water partition coefficient (Wildman–Crippen LogP) is 5.65. The minimum absolute atomic E-state index is 0.0405. The van der Waals surface area contributed by atoms with Crippen molar-refractivity contribution in [3.63, 3.8) is 0 Å². The molecule has 0 saturated heterocycles. The van der Waals surface area contributed by atoms with Crippen molar-refractivity contribution in [2.45, 2.75) is 39.5 Å². The van der Waals surface area contributed by atoms with Gasteiger partial charge in [-0.1, -0.05) is 18.2 Å². The molecule has 41 heavy (non-hydrogen) atoms. The number of benzene rings is 3. The number of fused-ring (bicyclic) bond motifs is 1. The second-order valence-corrected chi connectivity index (χ2v) is 9.55. The van der Waals surface area contributed by atoms with Gasteiger partial charge in [0.1, 0.15) is 11.9 Å². The molecule has 4 rings (SSSR count). The van der Waals surface area contributed by atoms with Gasteiger partial charge < -0.3 is 30.6 Å². The largest absolute Gasteiger partial charge is 0.490 e. The molecule has 1 unspecified atom stereocenters. The zero-order valence-corrected chi connectivity index (χ0v) is 23.6. The lowest BCUT2D eigenvalue weighted by Crippen LogP contribution is -2.33. The van der Waals surface area contributed by atoms with E-state index in [0.717, 1.165) is 22.0 Å². The van der Waals surface area contributed by atoms with Gasteiger partial charge in [-0.2, -0.15) is 0 Å². The topological polar surface area (TPSA) is 137 Å². The van der Waals surface area contributed by atoms with Crippen LogP contribution in [0.2, 0.25) is 0 Å². The van der Waals surface area contributed by atoms with Crippen LogP contribution in [0.5, 0.6) is 11.5 Å². The smallest absolute Gasteiger partial charge is 0.411 e. The highest BCUT2D eigenvalue weighted by atomic mass is 16.5. The van der Waals surface area contributed by atoms with Crippen LogP contribution in [0.15, 0.2) is 72.9 Å². The van der Waals surface area contributed by atoms with Crippen LogP contribution in [0.3, 0.4) is 0 Å². The number of anilines is 3. The Morgan fingerprint density at radius 1 is 0.976 bits per heavy atom. The zero-order valence-electron chi connectivity index (χ0n) is 23.6. The van der Waals surface area contributed by atoms with Gasteiger partial charge in [-0.05, 0) is 85.8 Å². The lowest BCUT2D eigenvalue weighted by atomic mass is 10.0. The number of hydrogen-bond donors (Lipinski definition) is 4. The molecule has 10 heteroatoms. The highest BCUT2D eigenvalue weighted by Crippen LogP contribution is 2.33. The van der Waals surface area contributed by atoms with E-state index < -0.39 is 12.1 Å². The number of nitrogen functional groups attached to an aromatic ring is 1. The average molecular weight is 558 g/mol. The summed E-state index contributed by atoms with van der Waals surface area (Å²) in [5.41, 5.74) is 8.81. The molecule has 214 valence electrons. The molecule has 2 amide bonds. The highest BCUT2D eigenvalue weighted by molar-refractivity contribution is 5.94. The number of hydrogen-bond acceptors (Lipinski definition) is 8. The number of aromatic nitrogens is 1. The summed E-state index contributed by atoms with van der Waals surface area (Å²) in [6.45, 7) is 6.46. The SMILES string of the molecule is CCOc1cc(C(Nc2ccc3c(N)nccc3c2)C(=O)NCc2cccc(NC(=O)OC)c2)ccc1OC(C)C. The number of rotatable bonds is 11. The first kappa shape index (κ1) is 29.0. The van der Waals surface area contributed by atoms with Gasteiger partial charge in [-0.15, -0.1) is 0 Å². The van der Waals surface area contributed by atoms with Crippen LogP contribution in [-0.4, -0.2) is 36.8 Å². The molecule has 5 N–H and O–H groups in total. The molecule has 0 aliphatic heterocycles. The number of nitrogens with one attached hydrogen (secondary N) is 3. The third kappa shape index (κ3) is 7.57. The predicted molar refractivity (Wildman–Crippen MR) is 160 cm³/mol. The van der Waals surface area contributed by atoms with Gasteiger partial charge in [0, 0.05) is 29.5 Å². The Hall–Kier alpha value is -4.99. The average Bonchev–Trinajstić information content (AvgIpc) is 2.95. The Morgan fingerprint density at radius 3 is 2.56 bits per heavy atom. The van der Waals surface area contributed by atoms with E-state index >= 15 is 0 Å². The molecule has 1 atom stereocenters. The van der Waals surface area contributed by atoms with Crippen molar-refractivity contribution in [2.24, 2.45) is 0 Å². The summed E-state index contributed by atoms with van der Waals surface area (Å²) in [4.78, 5) is 29.5. The molecular formula is C31H35N5O5. The molecule has 10 nitrogen and oxygen atoms in total. The number of ether oxygens (including phenoxy) is 3. The van der Waals surface area contributed by atoms with Crippen molar-refractivity contribution in [3.05, 3.63) is 84.1 Å². The lowest BCUT2D eigenvalue weighted by Gasteiger charge is -2.22. The molecule has 0 fully saturated rings. The van der Waals surface area contributed by atoms with E-state index in [2.05, 4.69) is 25.7 Å². The summed E-state index contributed by atoms with van der Waals surface area (Å²) in [5.74, 6) is 1.34. The first-order valence-electron chi connectivity index (χ1n) is 13.3. The maximum absolute atomic E-state index is 13.7. The monoisotopic (exact) mass is 557 g/mol. The fourth-order valence-corrected chi connectivity index (χ4v) is 4.30. The third-order valence-electron chi connectivity index (χ3n) is 6.16. The van der Waals surface area contributed by atoms with Crippen LogP contribution in [0.4, 0.5) is 22.0 Å². The minimum Gasteiger partial charge on any atom is -0.490 e. The molecule has 0 bridgehead atoms. The van der Waals surface area contributed by atoms with E-state index in [1.165, 1.54) is 7.11 Å². The standard InChI is InChI=1S/C31H35N5O5/c1-5-40-27-17-22(9-12-26(27)41-19(2)3)28(35-24-10-11-25-21(16-24)13-14-33-29(25)32)30(37)34-18-20-7-6-8-23(15-20)36-31(38)39-4/h6-17,19,28,35H,5,18H2,1-4H3,(H2,32,33)(H,34,37)(H,36,38). The van der Waals surface area contributed by atoms with Crippen molar-refractivity contribution < 1.29 is 23.8 Å². The van der Waals surface area contributed by atoms with Crippen molar-refractivity contribution in [2.75, 3.05) is 30.1 Å². The Morgan fingerprint density at radius 2 is 1.80 bits per heavy atom. The molecule has 3 aromatic carbocycles. The van der Waals surface area contributed by atoms with Crippen LogP contribution < -0.4 is 31.2 Å². The number of carbonyl (C=O) groups excluding carboxylic acids is 2. The second-order valence-electron chi connectivity index (χ2n) is 9.55.